The summed E-state index contributed by atoms with van der Waals surface area (Å²) in [5.74, 6) is 0. The van der Waals surface area contributed by atoms with E-state index in [1.165, 1.54) is 0 Å². The first-order valence-electron chi connectivity index (χ1n) is 1.46. The highest BCUT2D eigenvalue weighted by atomic mass is 16.7. The van der Waals surface area contributed by atoms with Crippen molar-refractivity contribution in [3.63, 3.8) is 0 Å². The number of nitriles is 1. The molecule has 7 nitrogen and oxygen atoms in total. The molecule has 7 heteroatoms. The fourth-order valence-electron chi connectivity index (χ4n) is 0.0954. The van der Waals surface area contributed by atoms with Gasteiger partial charge < -0.3 is 0 Å². The van der Waals surface area contributed by atoms with Gasteiger partial charge in [0.25, 0.3) is 6.19 Å². The summed E-state index contributed by atoms with van der Waals surface area (Å²) in [6, 6.07) is 0. The van der Waals surface area contributed by atoms with Crippen LogP contribution in [-0.2, 0) is 0 Å². The molecule has 44 valence electrons. The molecule has 0 aliphatic rings. The average Bonchev–Trinajstić information content (AvgIpc) is 1.69. The Morgan fingerprint density at radius 2 is 2.50 bits per heavy atom. The van der Waals surface area contributed by atoms with Crippen LogP contribution in [0.3, 0.4) is 0 Å². The number of rotatable bonds is 2. The largest absolute Gasteiger partial charge is 0.292 e. The SMILES string of the molecule is N#CN(NO)[N+](=O)[O-]. The maximum atomic E-state index is 9.45. The standard InChI is InChI=1S/CH2N4O3/c2-1-4(3-6)5(7)8/h3,6H. The number of nitrogens with one attached hydrogen (secondary N) is 1. The number of hydrogen-bond acceptors (Lipinski definition) is 5. The monoisotopic (exact) mass is 118 g/mol. The Kier molecular flexibility index (Phi) is 2.25. The molecular weight excluding hydrogens is 116 g/mol. The van der Waals surface area contributed by atoms with Crippen molar-refractivity contribution in [3.05, 3.63) is 10.1 Å². The van der Waals surface area contributed by atoms with E-state index in [1.807, 2.05) is 0 Å². The van der Waals surface area contributed by atoms with E-state index in [2.05, 4.69) is 0 Å². The fraction of sp³-hybridized carbons (Fsp3) is 0. The molecule has 0 radical (unpaired) electrons. The Bertz CT molecular complexity index is 126. The first kappa shape index (κ1) is 6.61. The van der Waals surface area contributed by atoms with Gasteiger partial charge >= 0.3 is 0 Å². The van der Waals surface area contributed by atoms with E-state index < -0.39 is 5.03 Å². The summed E-state index contributed by atoms with van der Waals surface area (Å²) in [6.45, 7) is 0. The zero-order valence-electron chi connectivity index (χ0n) is 3.61. The van der Waals surface area contributed by atoms with Gasteiger partial charge in [-0.1, -0.05) is 0 Å². The smallest absolute Gasteiger partial charge is 0.268 e. The third kappa shape index (κ3) is 1.38. The van der Waals surface area contributed by atoms with Gasteiger partial charge in [0.1, 0.15) is 0 Å². The number of hydrazine groups is 2. The summed E-state index contributed by atoms with van der Waals surface area (Å²) in [5, 5.41) is 23.5. The Labute approximate surface area is 43.8 Å². The fourth-order valence-corrected chi connectivity index (χ4v) is 0.0954. The summed E-state index contributed by atoms with van der Waals surface area (Å²) >= 11 is 0. The summed E-state index contributed by atoms with van der Waals surface area (Å²) in [4.78, 5) is 9.45. The highest BCUT2D eigenvalue weighted by Crippen LogP contribution is 1.72. The van der Waals surface area contributed by atoms with Crippen molar-refractivity contribution in [1.82, 2.24) is 10.7 Å². The molecule has 0 aromatic rings. The molecule has 0 rings (SSSR count). The second-order valence-corrected chi connectivity index (χ2v) is 0.750. The van der Waals surface area contributed by atoms with Crippen LogP contribution in [0, 0.1) is 21.6 Å². The van der Waals surface area contributed by atoms with Crippen LogP contribution in [0.15, 0.2) is 0 Å². The van der Waals surface area contributed by atoms with Crippen LogP contribution in [0.4, 0.5) is 0 Å². The van der Waals surface area contributed by atoms with Crippen molar-refractivity contribution < 1.29 is 10.2 Å². The molecule has 0 aliphatic carbocycles. The predicted molar refractivity (Wildman–Crippen MR) is 19.4 cm³/mol. The van der Waals surface area contributed by atoms with Crippen LogP contribution in [0.2, 0.25) is 0 Å². The molecule has 0 spiro atoms. The first-order chi connectivity index (χ1) is 3.72. The minimum atomic E-state index is -1.11. The normalized spacial score (nSPS) is 7.50. The van der Waals surface area contributed by atoms with Gasteiger partial charge in [-0.25, -0.2) is 10.1 Å². The molecule has 0 fully saturated rings. The van der Waals surface area contributed by atoms with Gasteiger partial charge in [0.15, 0.2) is 5.03 Å². The summed E-state index contributed by atoms with van der Waals surface area (Å²) in [6.07, 6.45) is 1.02. The summed E-state index contributed by atoms with van der Waals surface area (Å²) in [5.41, 5.74) is 1.02. The van der Waals surface area contributed by atoms with Crippen molar-refractivity contribution in [2.24, 2.45) is 0 Å². The molecule has 0 saturated heterocycles. The van der Waals surface area contributed by atoms with E-state index in [-0.39, 0.29) is 5.12 Å². The minimum absolute atomic E-state index is 0.250. The van der Waals surface area contributed by atoms with Crippen LogP contribution in [0.5, 0.6) is 0 Å². The number of nitrogens with zero attached hydrogens (tertiary/aromatic N) is 3. The van der Waals surface area contributed by atoms with Gasteiger partial charge in [-0.2, -0.15) is 5.26 Å². The lowest BCUT2D eigenvalue weighted by Crippen LogP contribution is -2.35. The predicted octanol–water partition coefficient (Wildman–Crippen LogP) is -1.15. The summed E-state index contributed by atoms with van der Waals surface area (Å²) in [7, 11) is 0. The van der Waals surface area contributed by atoms with E-state index in [4.69, 9.17) is 10.5 Å². The number of nitro groups is 1. The molecule has 0 saturated carbocycles. The Balaban J connectivity index is 3.76. The molecule has 0 bridgehead atoms. The molecule has 0 aromatic heterocycles. The van der Waals surface area contributed by atoms with Crippen LogP contribution in [-0.4, -0.2) is 15.4 Å². The number of hydrogen-bond donors (Lipinski definition) is 2. The van der Waals surface area contributed by atoms with E-state index in [0.29, 0.717) is 0 Å². The van der Waals surface area contributed by atoms with Gasteiger partial charge in [0, 0.05) is 0 Å². The van der Waals surface area contributed by atoms with Gasteiger partial charge in [0.2, 0.25) is 0 Å². The molecule has 0 unspecified atom stereocenters. The average molecular weight is 118 g/mol. The Morgan fingerprint density at radius 1 is 2.00 bits per heavy atom. The molecule has 0 atom stereocenters. The van der Waals surface area contributed by atoms with E-state index in [1.54, 1.807) is 0 Å². The van der Waals surface area contributed by atoms with Crippen LogP contribution < -0.4 is 5.59 Å². The van der Waals surface area contributed by atoms with Crippen molar-refractivity contribution >= 4 is 0 Å². The molecule has 0 aliphatic heterocycles. The molecule has 0 aromatic carbocycles. The zero-order valence-corrected chi connectivity index (χ0v) is 3.61. The van der Waals surface area contributed by atoms with Crippen LogP contribution in [0.25, 0.3) is 0 Å². The quantitative estimate of drug-likeness (QED) is 0.205. The lowest BCUT2D eigenvalue weighted by molar-refractivity contribution is -0.663. The topological polar surface area (TPSA) is 102 Å². The molecule has 8 heavy (non-hydrogen) atoms. The zero-order chi connectivity index (χ0) is 6.57. The van der Waals surface area contributed by atoms with Crippen molar-refractivity contribution in [1.29, 1.82) is 5.26 Å². The van der Waals surface area contributed by atoms with Crippen molar-refractivity contribution in [3.8, 4) is 6.19 Å². The minimum Gasteiger partial charge on any atom is -0.292 e. The maximum absolute atomic E-state index is 9.45. The van der Waals surface area contributed by atoms with Crippen molar-refractivity contribution in [2.45, 2.75) is 0 Å². The van der Waals surface area contributed by atoms with Gasteiger partial charge in [-0.05, 0) is 5.59 Å². The second kappa shape index (κ2) is 2.73. The lowest BCUT2D eigenvalue weighted by atomic mass is 11.3. The maximum Gasteiger partial charge on any atom is 0.268 e. The molecule has 0 amide bonds. The third-order valence-corrected chi connectivity index (χ3v) is 0.353. The summed E-state index contributed by atoms with van der Waals surface area (Å²) < 4.78 is 0. The Hall–Kier alpha value is -1.39. The van der Waals surface area contributed by atoms with Crippen molar-refractivity contribution in [2.75, 3.05) is 0 Å². The van der Waals surface area contributed by atoms with Gasteiger partial charge in [-0.3, -0.25) is 5.21 Å². The van der Waals surface area contributed by atoms with E-state index >= 15 is 0 Å². The lowest BCUT2D eigenvalue weighted by Gasteiger charge is -1.96. The Morgan fingerprint density at radius 3 is 2.50 bits per heavy atom. The highest BCUT2D eigenvalue weighted by Gasteiger charge is 2.08. The molecule has 2 N–H and O–H groups in total. The molecular formula is CH2N4O3. The second-order valence-electron chi connectivity index (χ2n) is 0.750. The first-order valence-corrected chi connectivity index (χ1v) is 1.46. The highest BCUT2D eigenvalue weighted by molar-refractivity contribution is 4.54. The van der Waals surface area contributed by atoms with Crippen LogP contribution in [0.1, 0.15) is 0 Å². The molecule has 0 heterocycles. The third-order valence-electron chi connectivity index (χ3n) is 0.353. The van der Waals surface area contributed by atoms with E-state index in [0.717, 1.165) is 11.8 Å². The van der Waals surface area contributed by atoms with Gasteiger partial charge in [-0.15, -0.1) is 0 Å². The van der Waals surface area contributed by atoms with Crippen LogP contribution >= 0.6 is 0 Å². The van der Waals surface area contributed by atoms with E-state index in [9.17, 15) is 10.1 Å². The van der Waals surface area contributed by atoms with Gasteiger partial charge in [0.05, 0.1) is 5.12 Å².